The van der Waals surface area contributed by atoms with Gasteiger partial charge in [0.05, 0.1) is 0 Å². The fourth-order valence-electron chi connectivity index (χ4n) is 2.69. The Bertz CT molecular complexity index is 782. The highest BCUT2D eigenvalue weighted by Gasteiger charge is 2.13. The van der Waals surface area contributed by atoms with Crippen molar-refractivity contribution in [3.8, 4) is 16.9 Å². The van der Waals surface area contributed by atoms with Crippen LogP contribution in [0.2, 0.25) is 0 Å². The molecule has 0 aromatic heterocycles. The van der Waals surface area contributed by atoms with Gasteiger partial charge in [-0.2, -0.15) is 0 Å². The Kier molecular flexibility index (Phi) is 1.95. The van der Waals surface area contributed by atoms with Crippen molar-refractivity contribution in [2.75, 3.05) is 6.61 Å². The predicted molar refractivity (Wildman–Crippen MR) is 73.8 cm³/mol. The second-order valence-corrected chi connectivity index (χ2v) is 4.58. The molecular formula is C17H12O. The summed E-state index contributed by atoms with van der Waals surface area (Å²) < 4.78 is 5.73. The first kappa shape index (κ1) is 9.72. The molecule has 2 aromatic rings. The van der Waals surface area contributed by atoms with Gasteiger partial charge in [0.2, 0.25) is 0 Å². The molecule has 86 valence electrons. The van der Waals surface area contributed by atoms with Crippen LogP contribution in [0.15, 0.2) is 48.6 Å². The highest BCUT2D eigenvalue weighted by Crippen LogP contribution is 2.26. The second-order valence-electron chi connectivity index (χ2n) is 4.58. The van der Waals surface area contributed by atoms with E-state index in [1.807, 2.05) is 6.08 Å². The van der Waals surface area contributed by atoms with Crippen molar-refractivity contribution in [3.63, 3.8) is 0 Å². The molecular weight excluding hydrogens is 220 g/mol. The SMILES string of the molecule is C1=CCOc2ccc3c(c2=C1)=Cc1ccccc1-3. The fourth-order valence-corrected chi connectivity index (χ4v) is 2.69. The van der Waals surface area contributed by atoms with Crippen molar-refractivity contribution < 1.29 is 4.74 Å². The molecule has 18 heavy (non-hydrogen) atoms. The Morgan fingerprint density at radius 3 is 2.83 bits per heavy atom. The van der Waals surface area contributed by atoms with E-state index in [-0.39, 0.29) is 0 Å². The molecule has 4 rings (SSSR count). The first-order valence-corrected chi connectivity index (χ1v) is 6.17. The zero-order valence-corrected chi connectivity index (χ0v) is 9.89. The molecule has 1 nitrogen and oxygen atoms in total. The monoisotopic (exact) mass is 232 g/mol. The van der Waals surface area contributed by atoms with Gasteiger partial charge in [-0.3, -0.25) is 0 Å². The lowest BCUT2D eigenvalue weighted by Gasteiger charge is -2.05. The van der Waals surface area contributed by atoms with Crippen LogP contribution in [0.25, 0.3) is 23.3 Å². The van der Waals surface area contributed by atoms with Crippen LogP contribution in [0, 0.1) is 0 Å². The van der Waals surface area contributed by atoms with Crippen LogP contribution in [0.3, 0.4) is 0 Å². The van der Waals surface area contributed by atoms with E-state index >= 15 is 0 Å². The van der Waals surface area contributed by atoms with E-state index in [9.17, 15) is 0 Å². The molecule has 0 bridgehead atoms. The third-order valence-electron chi connectivity index (χ3n) is 3.53. The Labute approximate surface area is 105 Å². The summed E-state index contributed by atoms with van der Waals surface area (Å²) in [6.45, 7) is 0.648. The molecule has 1 aliphatic heterocycles. The van der Waals surface area contributed by atoms with Gasteiger partial charge in [-0.1, -0.05) is 42.5 Å². The maximum atomic E-state index is 5.73. The van der Waals surface area contributed by atoms with Crippen molar-refractivity contribution in [2.45, 2.75) is 0 Å². The molecule has 2 aliphatic rings. The standard InChI is InChI=1S/C17H12O/c1-2-6-13-12(5-1)11-16-14(13)8-9-17-15(16)7-3-4-10-18-17/h1-9,11H,10H2. The van der Waals surface area contributed by atoms with Gasteiger partial charge in [-0.05, 0) is 40.1 Å². The summed E-state index contributed by atoms with van der Waals surface area (Å²) in [4.78, 5) is 0. The third-order valence-corrected chi connectivity index (χ3v) is 3.53. The second kappa shape index (κ2) is 3.61. The van der Waals surface area contributed by atoms with Crippen molar-refractivity contribution in [2.24, 2.45) is 0 Å². The van der Waals surface area contributed by atoms with Gasteiger partial charge in [0, 0.05) is 5.22 Å². The lowest BCUT2D eigenvalue weighted by molar-refractivity contribution is 0.361. The molecule has 0 fully saturated rings. The Morgan fingerprint density at radius 1 is 0.889 bits per heavy atom. The van der Waals surface area contributed by atoms with E-state index in [0.717, 1.165) is 5.75 Å². The average molecular weight is 232 g/mol. The molecule has 0 saturated carbocycles. The zero-order chi connectivity index (χ0) is 11.9. The van der Waals surface area contributed by atoms with Crippen LogP contribution in [0.5, 0.6) is 5.75 Å². The van der Waals surface area contributed by atoms with E-state index in [0.29, 0.717) is 6.61 Å². The molecule has 0 radical (unpaired) electrons. The molecule has 0 amide bonds. The number of rotatable bonds is 0. The largest absolute Gasteiger partial charge is 0.489 e. The maximum absolute atomic E-state index is 5.73. The quantitative estimate of drug-likeness (QED) is 0.577. The number of fused-ring (bicyclic) bond motifs is 5. The van der Waals surface area contributed by atoms with Gasteiger partial charge in [0.1, 0.15) is 12.4 Å². The van der Waals surface area contributed by atoms with Crippen LogP contribution in [0.4, 0.5) is 0 Å². The molecule has 1 aliphatic carbocycles. The lowest BCUT2D eigenvalue weighted by Crippen LogP contribution is -2.26. The van der Waals surface area contributed by atoms with Crippen molar-refractivity contribution in [3.05, 3.63) is 64.6 Å². The van der Waals surface area contributed by atoms with Gasteiger partial charge < -0.3 is 4.74 Å². The summed E-state index contributed by atoms with van der Waals surface area (Å²) in [5.41, 5.74) is 3.92. The summed E-state index contributed by atoms with van der Waals surface area (Å²) in [6, 6.07) is 12.8. The molecule has 1 heterocycles. The third kappa shape index (κ3) is 1.28. The van der Waals surface area contributed by atoms with Gasteiger partial charge in [-0.25, -0.2) is 0 Å². The smallest absolute Gasteiger partial charge is 0.127 e. The Morgan fingerprint density at radius 2 is 1.83 bits per heavy atom. The van der Waals surface area contributed by atoms with Gasteiger partial charge in [0.15, 0.2) is 0 Å². The minimum Gasteiger partial charge on any atom is -0.489 e. The maximum Gasteiger partial charge on any atom is 0.127 e. The number of ether oxygens (including phenoxy) is 1. The average Bonchev–Trinajstić information content (AvgIpc) is 2.62. The molecule has 0 unspecified atom stereocenters. The first-order valence-electron chi connectivity index (χ1n) is 6.17. The topological polar surface area (TPSA) is 9.23 Å². The highest BCUT2D eigenvalue weighted by atomic mass is 16.5. The first-order chi connectivity index (χ1) is 8.93. The summed E-state index contributed by atoms with van der Waals surface area (Å²) in [5.74, 6) is 0.975. The predicted octanol–water partition coefficient (Wildman–Crippen LogP) is 2.22. The number of hydrogen-bond donors (Lipinski definition) is 0. The van der Waals surface area contributed by atoms with Gasteiger partial charge >= 0.3 is 0 Å². The van der Waals surface area contributed by atoms with Gasteiger partial charge in [-0.15, -0.1) is 0 Å². The normalized spacial score (nSPS) is 14.4. The van der Waals surface area contributed by atoms with Crippen molar-refractivity contribution in [1.29, 1.82) is 0 Å². The highest BCUT2D eigenvalue weighted by molar-refractivity contribution is 5.83. The summed E-state index contributed by atoms with van der Waals surface area (Å²) >= 11 is 0. The van der Waals surface area contributed by atoms with E-state index in [1.165, 1.54) is 27.1 Å². The fraction of sp³-hybridized carbons (Fsp3) is 0.0588. The summed E-state index contributed by atoms with van der Waals surface area (Å²) in [5, 5.41) is 2.47. The summed E-state index contributed by atoms with van der Waals surface area (Å²) in [6.07, 6.45) is 8.50. The van der Waals surface area contributed by atoms with Crippen LogP contribution in [0.1, 0.15) is 5.56 Å². The Balaban J connectivity index is 2.13. The van der Waals surface area contributed by atoms with Crippen molar-refractivity contribution >= 4 is 12.2 Å². The van der Waals surface area contributed by atoms with Gasteiger partial charge in [0.25, 0.3) is 0 Å². The Hall–Kier alpha value is -2.28. The zero-order valence-electron chi connectivity index (χ0n) is 9.89. The van der Waals surface area contributed by atoms with Crippen LogP contribution in [-0.4, -0.2) is 6.61 Å². The molecule has 0 N–H and O–H groups in total. The number of hydrogen-bond acceptors (Lipinski definition) is 1. The van der Waals surface area contributed by atoms with E-state index in [4.69, 9.17) is 4.74 Å². The van der Waals surface area contributed by atoms with Crippen LogP contribution >= 0.6 is 0 Å². The van der Waals surface area contributed by atoms with Crippen LogP contribution < -0.4 is 15.2 Å². The number of benzene rings is 2. The molecule has 1 heteroatoms. The molecule has 0 saturated heterocycles. The van der Waals surface area contributed by atoms with Crippen molar-refractivity contribution in [1.82, 2.24) is 0 Å². The number of allylic oxidation sites excluding steroid dienone is 1. The minimum absolute atomic E-state index is 0.648. The summed E-state index contributed by atoms with van der Waals surface area (Å²) in [7, 11) is 0. The molecule has 0 atom stereocenters. The van der Waals surface area contributed by atoms with E-state index in [2.05, 4.69) is 54.6 Å². The molecule has 2 aromatic carbocycles. The lowest BCUT2D eigenvalue weighted by atomic mass is 10.0. The van der Waals surface area contributed by atoms with E-state index in [1.54, 1.807) is 0 Å². The van der Waals surface area contributed by atoms with E-state index < -0.39 is 0 Å². The van der Waals surface area contributed by atoms with Crippen LogP contribution in [-0.2, 0) is 0 Å². The minimum atomic E-state index is 0.648. The molecule has 0 spiro atoms.